The summed E-state index contributed by atoms with van der Waals surface area (Å²) in [6.45, 7) is 1.66. The summed E-state index contributed by atoms with van der Waals surface area (Å²) < 4.78 is 0. The van der Waals surface area contributed by atoms with Crippen LogP contribution in [0.5, 0.6) is 0 Å². The van der Waals surface area contributed by atoms with E-state index in [4.69, 9.17) is 0 Å². The topological polar surface area (TPSA) is 87.2 Å². The number of nitrogens with zero attached hydrogens (tertiary/aromatic N) is 3. The van der Waals surface area contributed by atoms with Crippen molar-refractivity contribution in [1.29, 1.82) is 0 Å². The first-order valence-corrected chi connectivity index (χ1v) is 8.36. The van der Waals surface area contributed by atoms with Crippen LogP contribution in [0.3, 0.4) is 0 Å². The Labute approximate surface area is 146 Å². The van der Waals surface area contributed by atoms with E-state index in [1.54, 1.807) is 30.7 Å². The zero-order valence-corrected chi connectivity index (χ0v) is 13.9. The second-order valence-corrected chi connectivity index (χ2v) is 5.95. The minimum Gasteiger partial charge on any atom is -0.338 e. The molecule has 3 rings (SSSR count). The summed E-state index contributed by atoms with van der Waals surface area (Å²) in [5.41, 5.74) is 1.46. The number of hydrogen-bond acceptors (Lipinski definition) is 4. The molecule has 2 aromatic heterocycles. The van der Waals surface area contributed by atoms with Crippen molar-refractivity contribution in [1.82, 2.24) is 25.5 Å². The number of likely N-dealkylation sites (tertiary alicyclic amines) is 1. The molecule has 1 saturated heterocycles. The minimum absolute atomic E-state index is 0.0143. The number of pyridine rings is 2. The lowest BCUT2D eigenvalue weighted by Crippen LogP contribution is -2.49. The number of carbonyl (C=O) groups is 2. The van der Waals surface area contributed by atoms with Gasteiger partial charge in [0.1, 0.15) is 0 Å². The van der Waals surface area contributed by atoms with Gasteiger partial charge in [0.2, 0.25) is 0 Å². The highest BCUT2D eigenvalue weighted by molar-refractivity contribution is 5.94. The quantitative estimate of drug-likeness (QED) is 0.885. The summed E-state index contributed by atoms with van der Waals surface area (Å²) >= 11 is 0. The molecule has 7 heteroatoms. The van der Waals surface area contributed by atoms with Crippen LogP contribution in [0.1, 0.15) is 28.9 Å². The molecule has 0 atom stereocenters. The van der Waals surface area contributed by atoms with Gasteiger partial charge in [-0.1, -0.05) is 6.07 Å². The normalized spacial score (nSPS) is 14.8. The van der Waals surface area contributed by atoms with Crippen LogP contribution in [0.4, 0.5) is 4.79 Å². The van der Waals surface area contributed by atoms with E-state index in [1.165, 1.54) is 0 Å². The van der Waals surface area contributed by atoms with E-state index in [0.717, 1.165) is 18.5 Å². The van der Waals surface area contributed by atoms with Gasteiger partial charge in [0.15, 0.2) is 0 Å². The molecule has 0 saturated carbocycles. The van der Waals surface area contributed by atoms with E-state index in [1.807, 2.05) is 23.1 Å². The van der Waals surface area contributed by atoms with Crippen LogP contribution in [0.2, 0.25) is 0 Å². The Balaban J connectivity index is 1.41. The fourth-order valence-electron chi connectivity index (χ4n) is 2.81. The van der Waals surface area contributed by atoms with E-state index in [9.17, 15) is 9.59 Å². The smallest absolute Gasteiger partial charge is 0.315 e. The lowest BCUT2D eigenvalue weighted by Gasteiger charge is -2.32. The number of amides is 3. The summed E-state index contributed by atoms with van der Waals surface area (Å²) in [6, 6.07) is 8.90. The van der Waals surface area contributed by atoms with Crippen molar-refractivity contribution in [2.24, 2.45) is 0 Å². The molecule has 0 radical (unpaired) electrons. The maximum Gasteiger partial charge on any atom is 0.315 e. The van der Waals surface area contributed by atoms with Crippen LogP contribution in [0, 0.1) is 0 Å². The second kappa shape index (κ2) is 8.23. The molecule has 2 aromatic rings. The van der Waals surface area contributed by atoms with Gasteiger partial charge in [-0.25, -0.2) is 4.79 Å². The molecular weight excluding hydrogens is 318 g/mol. The molecule has 1 fully saturated rings. The van der Waals surface area contributed by atoms with Crippen molar-refractivity contribution in [2.75, 3.05) is 13.1 Å². The molecule has 0 aromatic carbocycles. The molecule has 0 unspecified atom stereocenters. The molecule has 2 N–H and O–H groups in total. The molecule has 1 aliphatic heterocycles. The molecule has 3 heterocycles. The van der Waals surface area contributed by atoms with Gasteiger partial charge < -0.3 is 15.5 Å². The third-order valence-electron chi connectivity index (χ3n) is 4.20. The zero-order chi connectivity index (χ0) is 17.5. The summed E-state index contributed by atoms with van der Waals surface area (Å²) in [5, 5.41) is 5.77. The van der Waals surface area contributed by atoms with Crippen LogP contribution in [0.25, 0.3) is 0 Å². The first-order valence-electron chi connectivity index (χ1n) is 8.36. The van der Waals surface area contributed by atoms with Crippen molar-refractivity contribution >= 4 is 11.9 Å². The van der Waals surface area contributed by atoms with Crippen LogP contribution in [-0.2, 0) is 6.54 Å². The highest BCUT2D eigenvalue weighted by Crippen LogP contribution is 2.13. The SMILES string of the molecule is O=C(NCc1ccccn1)NC1CCN(C(=O)c2ccncc2)CC1. The largest absolute Gasteiger partial charge is 0.338 e. The molecule has 1 aliphatic rings. The maximum absolute atomic E-state index is 12.4. The van der Waals surface area contributed by atoms with E-state index in [-0.39, 0.29) is 18.0 Å². The van der Waals surface area contributed by atoms with E-state index in [0.29, 0.717) is 25.2 Å². The van der Waals surface area contributed by atoms with Crippen molar-refractivity contribution in [3.63, 3.8) is 0 Å². The molecule has 25 heavy (non-hydrogen) atoms. The molecular formula is C18H21N5O2. The number of carbonyl (C=O) groups excluding carboxylic acids is 2. The lowest BCUT2D eigenvalue weighted by atomic mass is 10.0. The molecule has 0 aliphatic carbocycles. The van der Waals surface area contributed by atoms with Gasteiger partial charge in [-0.3, -0.25) is 14.8 Å². The number of hydrogen-bond donors (Lipinski definition) is 2. The van der Waals surface area contributed by atoms with Crippen molar-refractivity contribution in [2.45, 2.75) is 25.4 Å². The van der Waals surface area contributed by atoms with Gasteiger partial charge in [-0.05, 0) is 37.1 Å². The monoisotopic (exact) mass is 339 g/mol. The standard InChI is InChI=1S/C18H21N5O2/c24-17(14-4-9-19-10-5-14)23-11-6-15(7-12-23)22-18(25)21-13-16-3-1-2-8-20-16/h1-5,8-10,15H,6-7,11-13H2,(H2,21,22,25). The van der Waals surface area contributed by atoms with Gasteiger partial charge in [0.05, 0.1) is 12.2 Å². The number of piperidine rings is 1. The fraction of sp³-hybridized carbons (Fsp3) is 0.333. The van der Waals surface area contributed by atoms with Crippen molar-refractivity contribution < 1.29 is 9.59 Å². The Hall–Kier alpha value is -2.96. The summed E-state index contributed by atoms with van der Waals surface area (Å²) in [6.07, 6.45) is 6.42. The van der Waals surface area contributed by atoms with E-state index < -0.39 is 0 Å². The number of urea groups is 1. The number of rotatable bonds is 4. The predicted molar refractivity (Wildman–Crippen MR) is 92.8 cm³/mol. The molecule has 130 valence electrons. The van der Waals surface area contributed by atoms with Gasteiger partial charge in [-0.15, -0.1) is 0 Å². The van der Waals surface area contributed by atoms with Crippen molar-refractivity contribution in [3.05, 3.63) is 60.2 Å². The zero-order valence-electron chi connectivity index (χ0n) is 13.9. The Kier molecular flexibility index (Phi) is 5.56. The lowest BCUT2D eigenvalue weighted by molar-refractivity contribution is 0.0708. The third kappa shape index (κ3) is 4.76. The van der Waals surface area contributed by atoms with Crippen LogP contribution < -0.4 is 10.6 Å². The van der Waals surface area contributed by atoms with Gasteiger partial charge in [-0.2, -0.15) is 0 Å². The first kappa shape index (κ1) is 16.9. The molecule has 7 nitrogen and oxygen atoms in total. The average Bonchev–Trinajstić information content (AvgIpc) is 2.68. The Bertz CT molecular complexity index is 700. The van der Waals surface area contributed by atoms with E-state index in [2.05, 4.69) is 20.6 Å². The minimum atomic E-state index is -0.204. The van der Waals surface area contributed by atoms with Gasteiger partial charge in [0, 0.05) is 43.3 Å². The Morgan fingerprint density at radius 1 is 1.08 bits per heavy atom. The van der Waals surface area contributed by atoms with Crippen LogP contribution >= 0.6 is 0 Å². The van der Waals surface area contributed by atoms with Crippen LogP contribution in [-0.4, -0.2) is 45.9 Å². The van der Waals surface area contributed by atoms with Crippen LogP contribution in [0.15, 0.2) is 48.9 Å². The highest BCUT2D eigenvalue weighted by Gasteiger charge is 2.24. The fourth-order valence-corrected chi connectivity index (χ4v) is 2.81. The first-order chi connectivity index (χ1) is 12.2. The Morgan fingerprint density at radius 2 is 1.84 bits per heavy atom. The van der Waals surface area contributed by atoms with Gasteiger partial charge >= 0.3 is 6.03 Å². The number of aromatic nitrogens is 2. The number of nitrogens with one attached hydrogen (secondary N) is 2. The highest BCUT2D eigenvalue weighted by atomic mass is 16.2. The average molecular weight is 339 g/mol. The summed E-state index contributed by atoms with van der Waals surface area (Å²) in [5.74, 6) is 0.0143. The summed E-state index contributed by atoms with van der Waals surface area (Å²) in [4.78, 5) is 34.3. The molecule has 0 bridgehead atoms. The molecule has 3 amide bonds. The second-order valence-electron chi connectivity index (χ2n) is 5.95. The van der Waals surface area contributed by atoms with E-state index >= 15 is 0 Å². The molecule has 0 spiro atoms. The van der Waals surface area contributed by atoms with Gasteiger partial charge in [0.25, 0.3) is 5.91 Å². The Morgan fingerprint density at radius 3 is 2.52 bits per heavy atom. The summed E-state index contributed by atoms with van der Waals surface area (Å²) in [7, 11) is 0. The predicted octanol–water partition coefficient (Wildman–Crippen LogP) is 1.58. The van der Waals surface area contributed by atoms with Crippen molar-refractivity contribution in [3.8, 4) is 0 Å². The maximum atomic E-state index is 12.4. The third-order valence-corrected chi connectivity index (χ3v) is 4.20.